The second kappa shape index (κ2) is 6.43. The van der Waals surface area contributed by atoms with Gasteiger partial charge in [0.05, 0.1) is 19.6 Å². The molecule has 2 aromatic rings. The highest BCUT2D eigenvalue weighted by molar-refractivity contribution is 5.85. The third kappa shape index (κ3) is 3.06. The first kappa shape index (κ1) is 15.6. The van der Waals surface area contributed by atoms with Crippen molar-refractivity contribution in [2.75, 3.05) is 19.6 Å². The van der Waals surface area contributed by atoms with Crippen molar-refractivity contribution in [3.05, 3.63) is 35.0 Å². The van der Waals surface area contributed by atoms with Crippen LogP contribution in [-0.4, -0.2) is 35.4 Å². The molecule has 0 unspecified atom stereocenters. The SMILES string of the molecule is Cc1ccc2c(c1)c(C)c(C)n2C[C@H](O)C[NH+]1CCCCC1. The maximum Gasteiger partial charge on any atom is 0.121 e. The minimum Gasteiger partial charge on any atom is -0.385 e. The lowest BCUT2D eigenvalue weighted by Gasteiger charge is -2.26. The minimum atomic E-state index is -0.261. The molecule has 2 N–H and O–H groups in total. The monoisotopic (exact) mass is 301 g/mol. The van der Waals surface area contributed by atoms with E-state index >= 15 is 0 Å². The molecule has 0 bridgehead atoms. The maximum absolute atomic E-state index is 10.6. The van der Waals surface area contributed by atoms with Gasteiger partial charge in [-0.15, -0.1) is 0 Å². The van der Waals surface area contributed by atoms with Crippen LogP contribution < -0.4 is 4.90 Å². The van der Waals surface area contributed by atoms with Gasteiger partial charge in [-0.1, -0.05) is 11.6 Å². The highest BCUT2D eigenvalue weighted by atomic mass is 16.3. The van der Waals surface area contributed by atoms with E-state index < -0.39 is 0 Å². The van der Waals surface area contributed by atoms with Crippen LogP contribution >= 0.6 is 0 Å². The van der Waals surface area contributed by atoms with Crippen molar-refractivity contribution in [2.24, 2.45) is 0 Å². The molecule has 1 aliphatic heterocycles. The van der Waals surface area contributed by atoms with E-state index in [0.29, 0.717) is 6.54 Å². The lowest BCUT2D eigenvalue weighted by molar-refractivity contribution is -0.908. The lowest BCUT2D eigenvalue weighted by Crippen LogP contribution is -3.13. The summed E-state index contributed by atoms with van der Waals surface area (Å²) in [5.41, 5.74) is 5.18. The summed E-state index contributed by atoms with van der Waals surface area (Å²) in [6, 6.07) is 6.63. The molecule has 0 aliphatic carbocycles. The molecule has 3 nitrogen and oxygen atoms in total. The first-order valence-electron chi connectivity index (χ1n) is 8.64. The van der Waals surface area contributed by atoms with Crippen LogP contribution in [0.5, 0.6) is 0 Å². The summed E-state index contributed by atoms with van der Waals surface area (Å²) in [5.74, 6) is 0. The summed E-state index contributed by atoms with van der Waals surface area (Å²) < 4.78 is 2.30. The predicted octanol–water partition coefficient (Wildman–Crippen LogP) is 2.00. The molecular weight excluding hydrogens is 272 g/mol. The smallest absolute Gasteiger partial charge is 0.121 e. The summed E-state index contributed by atoms with van der Waals surface area (Å²) in [6.07, 6.45) is 3.72. The van der Waals surface area contributed by atoms with Crippen LogP contribution in [0.25, 0.3) is 10.9 Å². The zero-order valence-corrected chi connectivity index (χ0v) is 14.2. The molecule has 1 saturated heterocycles. The molecule has 22 heavy (non-hydrogen) atoms. The van der Waals surface area contributed by atoms with E-state index in [4.69, 9.17) is 0 Å². The van der Waals surface area contributed by atoms with Crippen LogP contribution in [0.3, 0.4) is 0 Å². The van der Waals surface area contributed by atoms with Crippen molar-refractivity contribution in [3.63, 3.8) is 0 Å². The van der Waals surface area contributed by atoms with Gasteiger partial charge in [0.15, 0.2) is 0 Å². The Hall–Kier alpha value is -1.32. The summed E-state index contributed by atoms with van der Waals surface area (Å²) in [6.45, 7) is 10.5. The molecule has 3 rings (SSSR count). The number of likely N-dealkylation sites (tertiary alicyclic amines) is 1. The van der Waals surface area contributed by atoms with Gasteiger partial charge in [0.25, 0.3) is 0 Å². The van der Waals surface area contributed by atoms with Crippen molar-refractivity contribution >= 4 is 10.9 Å². The molecule has 3 heteroatoms. The van der Waals surface area contributed by atoms with Gasteiger partial charge in [0.1, 0.15) is 12.6 Å². The number of piperidine rings is 1. The van der Waals surface area contributed by atoms with E-state index in [1.807, 2.05) is 0 Å². The average molecular weight is 301 g/mol. The van der Waals surface area contributed by atoms with Crippen molar-refractivity contribution in [3.8, 4) is 0 Å². The quantitative estimate of drug-likeness (QED) is 0.889. The molecular formula is C19H29N2O+. The number of hydrogen-bond donors (Lipinski definition) is 2. The van der Waals surface area contributed by atoms with Crippen LogP contribution in [0.1, 0.15) is 36.1 Å². The van der Waals surface area contributed by atoms with E-state index in [1.165, 1.54) is 60.1 Å². The normalized spacial score (nSPS) is 18.0. The first-order valence-corrected chi connectivity index (χ1v) is 8.64. The minimum absolute atomic E-state index is 0.261. The molecule has 0 spiro atoms. The fraction of sp³-hybridized carbons (Fsp3) is 0.579. The molecule has 0 saturated carbocycles. The third-order valence-electron chi connectivity index (χ3n) is 5.27. The lowest BCUT2D eigenvalue weighted by atomic mass is 10.1. The van der Waals surface area contributed by atoms with E-state index in [-0.39, 0.29) is 6.10 Å². The summed E-state index contributed by atoms with van der Waals surface area (Å²) in [4.78, 5) is 1.57. The van der Waals surface area contributed by atoms with Gasteiger partial charge in [0.2, 0.25) is 0 Å². The molecule has 2 heterocycles. The number of quaternary nitrogens is 1. The van der Waals surface area contributed by atoms with E-state index in [9.17, 15) is 5.11 Å². The van der Waals surface area contributed by atoms with Crippen LogP contribution in [0.15, 0.2) is 18.2 Å². The zero-order valence-electron chi connectivity index (χ0n) is 14.2. The predicted molar refractivity (Wildman–Crippen MR) is 91.6 cm³/mol. The largest absolute Gasteiger partial charge is 0.385 e. The van der Waals surface area contributed by atoms with Gasteiger partial charge in [-0.05, 0) is 57.7 Å². The van der Waals surface area contributed by atoms with Crippen molar-refractivity contribution in [1.29, 1.82) is 0 Å². The van der Waals surface area contributed by atoms with Crippen LogP contribution in [0.2, 0.25) is 0 Å². The Labute approximate surface area is 133 Å². The van der Waals surface area contributed by atoms with E-state index in [0.717, 1.165) is 6.54 Å². The maximum atomic E-state index is 10.6. The Balaban J connectivity index is 1.79. The van der Waals surface area contributed by atoms with Gasteiger partial charge in [-0.25, -0.2) is 0 Å². The summed E-state index contributed by atoms with van der Waals surface area (Å²) in [5, 5.41) is 11.9. The Morgan fingerprint density at radius 2 is 1.86 bits per heavy atom. The number of aliphatic hydroxyl groups is 1. The fourth-order valence-corrected chi connectivity index (χ4v) is 3.86. The molecule has 1 aromatic carbocycles. The number of rotatable bonds is 4. The Morgan fingerprint density at radius 1 is 1.14 bits per heavy atom. The highest BCUT2D eigenvalue weighted by Gasteiger charge is 2.20. The molecule has 120 valence electrons. The number of nitrogens with one attached hydrogen (secondary N) is 1. The number of aryl methyl sites for hydroxylation is 2. The van der Waals surface area contributed by atoms with Crippen molar-refractivity contribution in [2.45, 2.75) is 52.7 Å². The van der Waals surface area contributed by atoms with Crippen LogP contribution in [0.4, 0.5) is 0 Å². The van der Waals surface area contributed by atoms with E-state index in [1.54, 1.807) is 4.90 Å². The van der Waals surface area contributed by atoms with Crippen molar-refractivity contribution < 1.29 is 10.0 Å². The molecule has 1 aliphatic rings. The van der Waals surface area contributed by atoms with Crippen LogP contribution in [0, 0.1) is 20.8 Å². The molecule has 1 fully saturated rings. The number of hydrogen-bond acceptors (Lipinski definition) is 1. The molecule has 1 atom stereocenters. The molecule has 0 amide bonds. The zero-order chi connectivity index (χ0) is 15.7. The van der Waals surface area contributed by atoms with Gasteiger partial charge >= 0.3 is 0 Å². The Morgan fingerprint density at radius 3 is 2.59 bits per heavy atom. The number of benzene rings is 1. The van der Waals surface area contributed by atoms with Gasteiger partial charge in [-0.3, -0.25) is 0 Å². The second-order valence-electron chi connectivity index (χ2n) is 7.01. The fourth-order valence-electron chi connectivity index (χ4n) is 3.86. The van der Waals surface area contributed by atoms with Crippen molar-refractivity contribution in [1.82, 2.24) is 4.57 Å². The number of aromatic nitrogens is 1. The third-order valence-corrected chi connectivity index (χ3v) is 5.27. The standard InChI is InChI=1S/C19H28N2O/c1-14-7-8-19-18(11-14)15(2)16(3)21(19)13-17(22)12-20-9-5-4-6-10-20/h7-8,11,17,22H,4-6,9-10,12-13H2,1-3H3/p+1/t17-/m1/s1. The Kier molecular flexibility index (Phi) is 4.55. The Bertz CT molecular complexity index is 653. The van der Waals surface area contributed by atoms with Gasteiger partial charge in [-0.2, -0.15) is 0 Å². The number of aliphatic hydroxyl groups excluding tert-OH is 1. The first-order chi connectivity index (χ1) is 10.6. The number of nitrogens with zero attached hydrogens (tertiary/aromatic N) is 1. The van der Waals surface area contributed by atoms with Gasteiger partial charge in [0, 0.05) is 16.6 Å². The van der Waals surface area contributed by atoms with Crippen LogP contribution in [-0.2, 0) is 6.54 Å². The average Bonchev–Trinajstić information content (AvgIpc) is 2.73. The topological polar surface area (TPSA) is 29.6 Å². The summed E-state index contributed by atoms with van der Waals surface area (Å²) >= 11 is 0. The van der Waals surface area contributed by atoms with E-state index in [2.05, 4.69) is 43.5 Å². The second-order valence-corrected chi connectivity index (χ2v) is 7.01. The number of fused-ring (bicyclic) bond motifs is 1. The molecule has 0 radical (unpaired) electrons. The van der Waals surface area contributed by atoms with Gasteiger partial charge < -0.3 is 14.6 Å². The molecule has 1 aromatic heterocycles. The summed E-state index contributed by atoms with van der Waals surface area (Å²) in [7, 11) is 0. The highest BCUT2D eigenvalue weighted by Crippen LogP contribution is 2.26.